The summed E-state index contributed by atoms with van der Waals surface area (Å²) in [5, 5.41) is 11.9. The van der Waals surface area contributed by atoms with E-state index in [-0.39, 0.29) is 17.6 Å². The van der Waals surface area contributed by atoms with Crippen molar-refractivity contribution in [3.05, 3.63) is 11.8 Å². The Morgan fingerprint density at radius 2 is 2.00 bits per heavy atom. The molecule has 0 aromatic carbocycles. The van der Waals surface area contributed by atoms with E-state index in [1.807, 2.05) is 11.0 Å². The molecular formula is C17H25N5O4. The van der Waals surface area contributed by atoms with Crippen molar-refractivity contribution < 1.29 is 19.1 Å². The Balaban J connectivity index is 1.74. The predicted octanol–water partition coefficient (Wildman–Crippen LogP) is -0.0934. The number of nitrogens with zero attached hydrogens (tertiary/aromatic N) is 4. The van der Waals surface area contributed by atoms with Crippen LogP contribution in [0.15, 0.2) is 11.8 Å². The van der Waals surface area contributed by atoms with E-state index in [9.17, 15) is 19.6 Å². The molecule has 26 heavy (non-hydrogen) atoms. The molecule has 0 saturated carbocycles. The van der Waals surface area contributed by atoms with Crippen molar-refractivity contribution in [3.63, 3.8) is 0 Å². The topological polar surface area (TPSA) is 106 Å². The number of ether oxygens (including phenoxy) is 1. The third kappa shape index (κ3) is 5.37. The van der Waals surface area contributed by atoms with Crippen molar-refractivity contribution in [2.75, 3.05) is 52.9 Å². The fourth-order valence-corrected chi connectivity index (χ4v) is 2.99. The molecule has 0 unspecified atom stereocenters. The van der Waals surface area contributed by atoms with Gasteiger partial charge in [-0.1, -0.05) is 0 Å². The van der Waals surface area contributed by atoms with Crippen LogP contribution in [0, 0.1) is 11.3 Å². The van der Waals surface area contributed by atoms with E-state index < -0.39 is 5.91 Å². The second-order valence-corrected chi connectivity index (χ2v) is 6.24. The van der Waals surface area contributed by atoms with Crippen LogP contribution >= 0.6 is 0 Å². The molecule has 1 N–H and O–H groups in total. The van der Waals surface area contributed by atoms with E-state index in [2.05, 4.69) is 10.1 Å². The number of hydrogen-bond acceptors (Lipinski definition) is 6. The summed E-state index contributed by atoms with van der Waals surface area (Å²) in [6.07, 6.45) is 3.33. The molecule has 0 atom stereocenters. The number of nitriles is 1. The normalized spacial score (nSPS) is 17.9. The Labute approximate surface area is 153 Å². The van der Waals surface area contributed by atoms with Gasteiger partial charge in [-0.25, -0.2) is 4.79 Å². The van der Waals surface area contributed by atoms with Crippen molar-refractivity contribution in [1.82, 2.24) is 20.0 Å². The fraction of sp³-hybridized carbons (Fsp3) is 0.647. The smallest absolute Gasteiger partial charge is 0.409 e. The van der Waals surface area contributed by atoms with E-state index in [4.69, 9.17) is 0 Å². The number of rotatable bonds is 6. The maximum absolute atomic E-state index is 12.1. The van der Waals surface area contributed by atoms with E-state index in [1.54, 1.807) is 9.80 Å². The first-order valence-corrected chi connectivity index (χ1v) is 8.80. The Bertz CT molecular complexity index is 605. The minimum atomic E-state index is -0.421. The number of carbonyl (C=O) groups is 3. The minimum absolute atomic E-state index is 0.0359. The monoisotopic (exact) mass is 363 g/mol. The van der Waals surface area contributed by atoms with Crippen molar-refractivity contribution in [2.24, 2.45) is 0 Å². The second-order valence-electron chi connectivity index (χ2n) is 6.24. The summed E-state index contributed by atoms with van der Waals surface area (Å²) in [6.45, 7) is 3.85. The van der Waals surface area contributed by atoms with Gasteiger partial charge in [0.1, 0.15) is 11.6 Å². The average Bonchev–Trinajstić information content (AvgIpc) is 3.07. The molecule has 9 nitrogen and oxygen atoms in total. The third-order valence-electron chi connectivity index (χ3n) is 4.49. The van der Waals surface area contributed by atoms with Gasteiger partial charge in [-0.15, -0.1) is 0 Å². The van der Waals surface area contributed by atoms with Crippen LogP contribution in [0.3, 0.4) is 0 Å². The summed E-state index contributed by atoms with van der Waals surface area (Å²) >= 11 is 0. The molecule has 2 fully saturated rings. The third-order valence-corrected chi connectivity index (χ3v) is 4.49. The van der Waals surface area contributed by atoms with Gasteiger partial charge in [0.25, 0.3) is 5.91 Å². The van der Waals surface area contributed by atoms with Crippen LogP contribution < -0.4 is 5.32 Å². The molecule has 142 valence electrons. The lowest BCUT2D eigenvalue weighted by molar-refractivity contribution is -0.127. The molecule has 0 bridgehead atoms. The standard InChI is InChI=1S/C17H25N5O4/c1-26-17(25)22-10-8-20(9-11-22)13-14(12-18)16(24)19-5-3-7-21-6-2-4-15(21)23/h13H,2-11H2,1H3,(H,19,24)/b14-13-. The van der Waals surface area contributed by atoms with E-state index in [0.717, 1.165) is 13.0 Å². The van der Waals surface area contributed by atoms with E-state index in [0.29, 0.717) is 52.1 Å². The summed E-state index contributed by atoms with van der Waals surface area (Å²) in [6, 6.07) is 1.92. The van der Waals surface area contributed by atoms with Gasteiger partial charge in [0, 0.05) is 58.4 Å². The van der Waals surface area contributed by atoms with Crippen LogP contribution in [0.1, 0.15) is 19.3 Å². The molecule has 2 saturated heterocycles. The highest BCUT2D eigenvalue weighted by molar-refractivity contribution is 5.97. The number of hydrogen-bond donors (Lipinski definition) is 1. The summed E-state index contributed by atoms with van der Waals surface area (Å²) in [7, 11) is 1.34. The van der Waals surface area contributed by atoms with Gasteiger partial charge in [0.2, 0.25) is 5.91 Å². The summed E-state index contributed by atoms with van der Waals surface area (Å²) in [4.78, 5) is 40.3. The van der Waals surface area contributed by atoms with Gasteiger partial charge in [-0.2, -0.15) is 5.26 Å². The highest BCUT2D eigenvalue weighted by Gasteiger charge is 2.21. The average molecular weight is 363 g/mol. The first-order chi connectivity index (χ1) is 12.5. The molecule has 3 amide bonds. The second kappa shape index (κ2) is 9.65. The Morgan fingerprint density at radius 3 is 2.58 bits per heavy atom. The van der Waals surface area contributed by atoms with Gasteiger partial charge >= 0.3 is 6.09 Å². The number of piperazine rings is 1. The molecule has 0 spiro atoms. The van der Waals surface area contributed by atoms with Crippen molar-refractivity contribution in [1.29, 1.82) is 5.26 Å². The zero-order chi connectivity index (χ0) is 18.9. The van der Waals surface area contributed by atoms with Gasteiger partial charge < -0.3 is 24.8 Å². The lowest BCUT2D eigenvalue weighted by Crippen LogP contribution is -2.47. The molecule has 0 aromatic heterocycles. The van der Waals surface area contributed by atoms with Gasteiger partial charge in [-0.3, -0.25) is 9.59 Å². The zero-order valence-corrected chi connectivity index (χ0v) is 15.1. The molecule has 2 aliphatic rings. The first kappa shape index (κ1) is 19.6. The maximum atomic E-state index is 12.1. The molecule has 2 aliphatic heterocycles. The van der Waals surface area contributed by atoms with Crippen LogP contribution in [-0.4, -0.2) is 85.5 Å². The van der Waals surface area contributed by atoms with Crippen LogP contribution in [0.4, 0.5) is 4.79 Å². The minimum Gasteiger partial charge on any atom is -0.453 e. The number of likely N-dealkylation sites (tertiary alicyclic amines) is 1. The predicted molar refractivity (Wildman–Crippen MR) is 92.7 cm³/mol. The SMILES string of the molecule is COC(=O)N1CCN(/C=C(/C#N)C(=O)NCCCN2CCCC2=O)CC1. The molecule has 0 aliphatic carbocycles. The van der Waals surface area contributed by atoms with Crippen LogP contribution in [0.25, 0.3) is 0 Å². The molecule has 2 rings (SSSR count). The van der Waals surface area contributed by atoms with E-state index >= 15 is 0 Å². The van der Waals surface area contributed by atoms with Crippen molar-refractivity contribution in [3.8, 4) is 6.07 Å². The van der Waals surface area contributed by atoms with Crippen molar-refractivity contribution in [2.45, 2.75) is 19.3 Å². The fourth-order valence-electron chi connectivity index (χ4n) is 2.99. The summed E-state index contributed by atoms with van der Waals surface area (Å²) in [5.41, 5.74) is 0.0359. The Kier molecular flexibility index (Phi) is 7.26. The quantitative estimate of drug-likeness (QED) is 0.401. The lowest BCUT2D eigenvalue weighted by Gasteiger charge is -2.33. The maximum Gasteiger partial charge on any atom is 0.409 e. The first-order valence-electron chi connectivity index (χ1n) is 8.80. The number of methoxy groups -OCH3 is 1. The summed E-state index contributed by atoms with van der Waals surface area (Å²) < 4.78 is 4.68. The van der Waals surface area contributed by atoms with E-state index in [1.165, 1.54) is 13.3 Å². The van der Waals surface area contributed by atoms with Gasteiger partial charge in [-0.05, 0) is 12.8 Å². The Hall–Kier alpha value is -2.76. The zero-order valence-electron chi connectivity index (χ0n) is 15.1. The number of carbonyl (C=O) groups excluding carboxylic acids is 3. The molecule has 0 aromatic rings. The molecular weight excluding hydrogens is 338 g/mol. The Morgan fingerprint density at radius 1 is 1.27 bits per heavy atom. The van der Waals surface area contributed by atoms with Gasteiger partial charge in [0.05, 0.1) is 7.11 Å². The van der Waals surface area contributed by atoms with Crippen molar-refractivity contribution >= 4 is 17.9 Å². The largest absolute Gasteiger partial charge is 0.453 e. The van der Waals surface area contributed by atoms with Gasteiger partial charge in [0.15, 0.2) is 0 Å². The summed E-state index contributed by atoms with van der Waals surface area (Å²) in [5.74, 6) is -0.254. The van der Waals surface area contributed by atoms with Crippen LogP contribution in [-0.2, 0) is 14.3 Å². The van der Waals surface area contributed by atoms with Crippen LogP contribution in [0.5, 0.6) is 0 Å². The highest BCUT2D eigenvalue weighted by Crippen LogP contribution is 2.09. The lowest BCUT2D eigenvalue weighted by atomic mass is 10.2. The number of amides is 3. The molecule has 2 heterocycles. The molecule has 9 heteroatoms. The molecule has 0 radical (unpaired) electrons. The highest BCUT2D eigenvalue weighted by atomic mass is 16.5. The number of nitrogens with one attached hydrogen (secondary N) is 1. The van der Waals surface area contributed by atoms with Crippen LogP contribution in [0.2, 0.25) is 0 Å².